The highest BCUT2D eigenvalue weighted by Crippen LogP contribution is 2.31. The molecule has 0 aromatic heterocycles. The van der Waals surface area contributed by atoms with Gasteiger partial charge in [-0.05, 0) is 18.3 Å². The standard InChI is InChI=1S/C8H14O.C2H4O2/c1-8(2)6-4-3-5-7(8)9;1-2(3)4/h3-4,7,9H,5-6H2,1-2H3;1H3,(H,3,4). The maximum Gasteiger partial charge on any atom is 0.300 e. The summed E-state index contributed by atoms with van der Waals surface area (Å²) in [6, 6.07) is 0. The van der Waals surface area contributed by atoms with Crippen molar-refractivity contribution in [1.29, 1.82) is 0 Å². The molecule has 0 aliphatic heterocycles. The van der Waals surface area contributed by atoms with Crippen LogP contribution >= 0.6 is 0 Å². The molecule has 1 aliphatic rings. The Hall–Kier alpha value is -0.830. The Morgan fingerprint density at radius 3 is 2.15 bits per heavy atom. The monoisotopic (exact) mass is 186 g/mol. The summed E-state index contributed by atoms with van der Waals surface area (Å²) in [6.07, 6.45) is 5.89. The van der Waals surface area contributed by atoms with Gasteiger partial charge in [0.2, 0.25) is 0 Å². The summed E-state index contributed by atoms with van der Waals surface area (Å²) in [4.78, 5) is 9.00. The number of aliphatic carboxylic acids is 1. The maximum absolute atomic E-state index is 9.39. The van der Waals surface area contributed by atoms with Crippen LogP contribution in [0.1, 0.15) is 33.6 Å². The third-order valence-corrected chi connectivity index (χ3v) is 2.07. The highest BCUT2D eigenvalue weighted by atomic mass is 16.4. The number of carboxylic acid groups (broad SMARTS) is 1. The van der Waals surface area contributed by atoms with Crippen LogP contribution in [-0.4, -0.2) is 22.3 Å². The number of rotatable bonds is 0. The van der Waals surface area contributed by atoms with Crippen molar-refractivity contribution in [3.05, 3.63) is 12.2 Å². The Kier molecular flexibility index (Phi) is 4.70. The van der Waals surface area contributed by atoms with Gasteiger partial charge in [0.1, 0.15) is 0 Å². The highest BCUT2D eigenvalue weighted by molar-refractivity contribution is 5.62. The van der Waals surface area contributed by atoms with E-state index in [1.54, 1.807) is 0 Å². The molecule has 0 fully saturated rings. The molecule has 1 unspecified atom stereocenters. The van der Waals surface area contributed by atoms with Gasteiger partial charge in [0.25, 0.3) is 5.97 Å². The predicted octanol–water partition coefficient (Wildman–Crippen LogP) is 1.81. The normalized spacial score (nSPS) is 24.5. The first-order valence-corrected chi connectivity index (χ1v) is 4.39. The number of allylic oxidation sites excluding steroid dienone is 1. The summed E-state index contributed by atoms with van der Waals surface area (Å²) in [7, 11) is 0. The molecule has 0 radical (unpaired) electrons. The van der Waals surface area contributed by atoms with Gasteiger partial charge in [0.15, 0.2) is 0 Å². The van der Waals surface area contributed by atoms with Crippen LogP contribution in [0.3, 0.4) is 0 Å². The Balaban J connectivity index is 0.000000310. The van der Waals surface area contributed by atoms with E-state index >= 15 is 0 Å². The molecule has 0 spiro atoms. The van der Waals surface area contributed by atoms with Crippen LogP contribution < -0.4 is 0 Å². The lowest BCUT2D eigenvalue weighted by Crippen LogP contribution is -2.30. The summed E-state index contributed by atoms with van der Waals surface area (Å²) in [5.74, 6) is -0.833. The predicted molar refractivity (Wildman–Crippen MR) is 51.5 cm³/mol. The Labute approximate surface area is 79.1 Å². The zero-order chi connectivity index (χ0) is 10.5. The minimum absolute atomic E-state index is 0.106. The van der Waals surface area contributed by atoms with E-state index in [0.29, 0.717) is 0 Å². The number of carboxylic acids is 1. The van der Waals surface area contributed by atoms with Crippen molar-refractivity contribution in [3.63, 3.8) is 0 Å². The molecule has 2 N–H and O–H groups in total. The van der Waals surface area contributed by atoms with Crippen LogP contribution in [0.2, 0.25) is 0 Å². The average Bonchev–Trinajstić information content (AvgIpc) is 1.94. The fourth-order valence-electron chi connectivity index (χ4n) is 1.07. The molecule has 0 aromatic rings. The molecule has 1 atom stereocenters. The molecule has 1 aliphatic carbocycles. The molecule has 1 rings (SSSR count). The van der Waals surface area contributed by atoms with Gasteiger partial charge in [0.05, 0.1) is 6.10 Å². The number of hydrogen-bond acceptors (Lipinski definition) is 2. The minimum atomic E-state index is -0.833. The van der Waals surface area contributed by atoms with Crippen LogP contribution in [0.5, 0.6) is 0 Å². The van der Waals surface area contributed by atoms with E-state index in [1.165, 1.54) is 0 Å². The molecular formula is C10H18O3. The Morgan fingerprint density at radius 2 is 1.92 bits per heavy atom. The van der Waals surface area contributed by atoms with Crippen LogP contribution in [0, 0.1) is 5.41 Å². The van der Waals surface area contributed by atoms with Crippen molar-refractivity contribution in [2.75, 3.05) is 0 Å². The molecule has 0 saturated heterocycles. The van der Waals surface area contributed by atoms with Crippen molar-refractivity contribution in [2.45, 2.75) is 39.7 Å². The summed E-state index contributed by atoms with van der Waals surface area (Å²) in [5, 5.41) is 16.8. The van der Waals surface area contributed by atoms with Crippen molar-refractivity contribution in [1.82, 2.24) is 0 Å². The lowest BCUT2D eigenvalue weighted by Gasteiger charge is -2.31. The molecule has 3 nitrogen and oxygen atoms in total. The molecule has 0 heterocycles. The van der Waals surface area contributed by atoms with E-state index in [2.05, 4.69) is 26.0 Å². The summed E-state index contributed by atoms with van der Waals surface area (Å²) in [6.45, 7) is 5.28. The van der Waals surface area contributed by atoms with Gasteiger partial charge in [-0.3, -0.25) is 4.79 Å². The first kappa shape index (κ1) is 12.2. The lowest BCUT2D eigenvalue weighted by atomic mass is 9.78. The van der Waals surface area contributed by atoms with E-state index in [1.807, 2.05) is 0 Å². The van der Waals surface area contributed by atoms with E-state index in [-0.39, 0.29) is 11.5 Å². The van der Waals surface area contributed by atoms with Crippen LogP contribution in [0.25, 0.3) is 0 Å². The van der Waals surface area contributed by atoms with Gasteiger partial charge in [-0.15, -0.1) is 0 Å². The van der Waals surface area contributed by atoms with E-state index in [9.17, 15) is 5.11 Å². The molecule has 0 aromatic carbocycles. The lowest BCUT2D eigenvalue weighted by molar-refractivity contribution is -0.134. The number of hydrogen-bond donors (Lipinski definition) is 2. The van der Waals surface area contributed by atoms with Gasteiger partial charge in [-0.1, -0.05) is 26.0 Å². The van der Waals surface area contributed by atoms with E-state index < -0.39 is 5.97 Å². The Bertz CT molecular complexity index is 190. The second kappa shape index (κ2) is 5.02. The summed E-state index contributed by atoms with van der Waals surface area (Å²) >= 11 is 0. The van der Waals surface area contributed by atoms with Gasteiger partial charge < -0.3 is 10.2 Å². The van der Waals surface area contributed by atoms with Gasteiger partial charge in [0, 0.05) is 6.92 Å². The van der Waals surface area contributed by atoms with Crippen LogP contribution in [0.15, 0.2) is 12.2 Å². The number of aliphatic hydroxyl groups is 1. The molecule has 0 bridgehead atoms. The fraction of sp³-hybridized carbons (Fsp3) is 0.700. The number of aliphatic hydroxyl groups excluding tert-OH is 1. The SMILES string of the molecule is CC(=O)O.CC1(C)CC=CCC1O. The maximum atomic E-state index is 9.39. The summed E-state index contributed by atoms with van der Waals surface area (Å²) in [5.41, 5.74) is 0.106. The number of carbonyl (C=O) groups is 1. The fourth-order valence-corrected chi connectivity index (χ4v) is 1.07. The van der Waals surface area contributed by atoms with Crippen molar-refractivity contribution in [2.24, 2.45) is 5.41 Å². The minimum Gasteiger partial charge on any atom is -0.481 e. The third-order valence-electron chi connectivity index (χ3n) is 2.07. The topological polar surface area (TPSA) is 57.5 Å². The zero-order valence-electron chi connectivity index (χ0n) is 8.45. The quantitative estimate of drug-likeness (QED) is 0.567. The van der Waals surface area contributed by atoms with Gasteiger partial charge in [-0.25, -0.2) is 0 Å². The van der Waals surface area contributed by atoms with E-state index in [4.69, 9.17) is 9.90 Å². The molecule has 13 heavy (non-hydrogen) atoms. The zero-order valence-corrected chi connectivity index (χ0v) is 8.45. The van der Waals surface area contributed by atoms with Crippen LogP contribution in [-0.2, 0) is 4.79 Å². The molecule has 3 heteroatoms. The van der Waals surface area contributed by atoms with Crippen molar-refractivity contribution >= 4 is 5.97 Å². The average molecular weight is 186 g/mol. The molecule has 0 amide bonds. The first-order valence-electron chi connectivity index (χ1n) is 4.39. The van der Waals surface area contributed by atoms with Gasteiger partial charge >= 0.3 is 0 Å². The van der Waals surface area contributed by atoms with Gasteiger partial charge in [-0.2, -0.15) is 0 Å². The third kappa shape index (κ3) is 5.42. The molecule has 0 saturated carbocycles. The summed E-state index contributed by atoms with van der Waals surface area (Å²) < 4.78 is 0. The Morgan fingerprint density at radius 1 is 1.46 bits per heavy atom. The van der Waals surface area contributed by atoms with E-state index in [0.717, 1.165) is 19.8 Å². The molecule has 76 valence electrons. The van der Waals surface area contributed by atoms with Crippen molar-refractivity contribution < 1.29 is 15.0 Å². The largest absolute Gasteiger partial charge is 0.481 e. The second-order valence-electron chi connectivity index (χ2n) is 3.93. The first-order chi connectivity index (χ1) is 5.86. The second-order valence-corrected chi connectivity index (χ2v) is 3.93. The highest BCUT2D eigenvalue weighted by Gasteiger charge is 2.27. The van der Waals surface area contributed by atoms with Crippen LogP contribution in [0.4, 0.5) is 0 Å². The van der Waals surface area contributed by atoms with Crippen molar-refractivity contribution in [3.8, 4) is 0 Å². The molecular weight excluding hydrogens is 168 g/mol. The smallest absolute Gasteiger partial charge is 0.300 e.